The van der Waals surface area contributed by atoms with Crippen molar-refractivity contribution in [3.63, 3.8) is 0 Å². The van der Waals surface area contributed by atoms with Crippen LogP contribution in [0, 0.1) is 0 Å². The number of nitrogens with zero attached hydrogens (tertiary/aromatic N) is 6. The Morgan fingerprint density at radius 2 is 2.00 bits per heavy atom. The summed E-state index contributed by atoms with van der Waals surface area (Å²) in [5.41, 5.74) is 0. The first-order chi connectivity index (χ1) is 9.65. The summed E-state index contributed by atoms with van der Waals surface area (Å²) in [7, 11) is 2.71. The van der Waals surface area contributed by atoms with Crippen LogP contribution in [0.4, 0.5) is 5.95 Å². The van der Waals surface area contributed by atoms with E-state index in [0.29, 0.717) is 29.8 Å². The van der Waals surface area contributed by atoms with E-state index >= 15 is 0 Å². The minimum Gasteiger partial charge on any atom is -0.383 e. The van der Waals surface area contributed by atoms with E-state index in [1.165, 1.54) is 25.7 Å². The van der Waals surface area contributed by atoms with Crippen molar-refractivity contribution in [1.29, 1.82) is 0 Å². The molecule has 0 aliphatic carbocycles. The van der Waals surface area contributed by atoms with Crippen molar-refractivity contribution in [2.75, 3.05) is 18.1 Å². The summed E-state index contributed by atoms with van der Waals surface area (Å²) in [6.07, 6.45) is 5.16. The maximum atomic E-state index is 4.13. The van der Waals surface area contributed by atoms with E-state index in [4.69, 9.17) is 0 Å². The highest BCUT2D eigenvalue weighted by molar-refractivity contribution is 6.86. The lowest BCUT2D eigenvalue weighted by Crippen LogP contribution is -2.71. The second-order valence-electron chi connectivity index (χ2n) is 5.35. The van der Waals surface area contributed by atoms with Crippen LogP contribution in [0.3, 0.4) is 0 Å². The Bertz CT molecular complexity index is 393. The molecule has 0 aromatic carbocycles. The molecule has 0 amide bonds. The molecule has 1 saturated heterocycles. The van der Waals surface area contributed by atoms with Gasteiger partial charge in [-0.15, -0.1) is 5.10 Å². The van der Waals surface area contributed by atoms with Crippen LogP contribution in [-0.4, -0.2) is 67.2 Å². The molecule has 0 atom stereocenters. The molecule has 1 aromatic heterocycles. The van der Waals surface area contributed by atoms with Gasteiger partial charge in [0.25, 0.3) is 16.8 Å². The van der Waals surface area contributed by atoms with Crippen LogP contribution in [0.2, 0.25) is 13.6 Å². The minimum atomic E-state index is 0.304. The Balaban J connectivity index is 2.00. The second kappa shape index (κ2) is 7.23. The van der Waals surface area contributed by atoms with E-state index in [2.05, 4.69) is 61.9 Å². The van der Waals surface area contributed by atoms with Crippen molar-refractivity contribution in [3.05, 3.63) is 0 Å². The van der Waals surface area contributed by atoms with Crippen molar-refractivity contribution in [1.82, 2.24) is 29.8 Å². The van der Waals surface area contributed by atoms with Crippen LogP contribution in [0.5, 0.6) is 0 Å². The molecular formula is C10H23B2N7Si. The molecule has 1 aliphatic rings. The molecule has 0 saturated carbocycles. The highest BCUT2D eigenvalue weighted by atomic mass is 28.2. The number of unbranched alkanes of at least 4 members (excludes halogenated alkanes) is 3. The zero-order valence-electron chi connectivity index (χ0n) is 12.9. The number of tetrazole rings is 1. The van der Waals surface area contributed by atoms with Gasteiger partial charge in [-0.3, -0.25) is 0 Å². The summed E-state index contributed by atoms with van der Waals surface area (Å²) in [5, 5.41) is 14.5. The Kier molecular flexibility index (Phi) is 5.61. The van der Waals surface area contributed by atoms with Crippen LogP contribution < -0.4 is 4.48 Å². The van der Waals surface area contributed by atoms with Gasteiger partial charge in [0.05, 0.1) is 0 Å². The average Bonchev–Trinajstić information content (AvgIpc) is 2.96. The summed E-state index contributed by atoms with van der Waals surface area (Å²) >= 11 is 0. The number of rotatable bonds is 6. The summed E-state index contributed by atoms with van der Waals surface area (Å²) in [6.45, 7) is 8.63. The molecule has 1 aliphatic heterocycles. The van der Waals surface area contributed by atoms with Crippen molar-refractivity contribution in [2.24, 2.45) is 0 Å². The van der Waals surface area contributed by atoms with Gasteiger partial charge in [-0.1, -0.05) is 44.9 Å². The standard InChI is InChI=1S/C10H23B2N7Si/c1-5-6-7-8-9-18-11(2)17(4)20-19(12(18)3)10-13-15-16-14-10/h5-9H2,1-4H3,(H,13,14,15,16). The Morgan fingerprint density at radius 1 is 1.20 bits per heavy atom. The third kappa shape index (κ3) is 3.42. The number of aromatic nitrogens is 4. The van der Waals surface area contributed by atoms with Crippen LogP contribution in [0.15, 0.2) is 0 Å². The lowest BCUT2D eigenvalue weighted by molar-refractivity contribution is 0.527. The lowest BCUT2D eigenvalue weighted by atomic mass is 9.62. The summed E-state index contributed by atoms with van der Waals surface area (Å²) in [5.74, 6) is 0.688. The Hall–Kier alpha value is -0.863. The van der Waals surface area contributed by atoms with Crippen molar-refractivity contribution < 1.29 is 0 Å². The van der Waals surface area contributed by atoms with Crippen molar-refractivity contribution in [2.45, 2.75) is 46.3 Å². The van der Waals surface area contributed by atoms with Gasteiger partial charge in [0.2, 0.25) is 5.95 Å². The number of aromatic amines is 1. The van der Waals surface area contributed by atoms with E-state index in [1.807, 2.05) is 0 Å². The largest absolute Gasteiger partial charge is 0.383 e. The minimum absolute atomic E-state index is 0.304. The van der Waals surface area contributed by atoms with Gasteiger partial charge >= 0.3 is 6.98 Å². The van der Waals surface area contributed by atoms with Gasteiger partial charge in [0.1, 0.15) is 0 Å². The third-order valence-corrected chi connectivity index (χ3v) is 5.46. The number of H-pyrrole nitrogens is 1. The molecule has 1 fully saturated rings. The highest BCUT2D eigenvalue weighted by Gasteiger charge is 2.41. The number of anilines is 1. The quantitative estimate of drug-likeness (QED) is 0.612. The first kappa shape index (κ1) is 15.5. The van der Waals surface area contributed by atoms with Crippen LogP contribution in [-0.2, 0) is 0 Å². The summed E-state index contributed by atoms with van der Waals surface area (Å²) < 4.78 is 7.07. The Morgan fingerprint density at radius 3 is 2.65 bits per heavy atom. The van der Waals surface area contributed by atoms with Gasteiger partial charge in [0.15, 0.2) is 0 Å². The molecule has 2 rings (SSSR count). The van der Waals surface area contributed by atoms with Gasteiger partial charge in [-0.2, -0.15) is 5.21 Å². The van der Waals surface area contributed by atoms with E-state index in [9.17, 15) is 0 Å². The summed E-state index contributed by atoms with van der Waals surface area (Å²) in [6, 6.07) is 0. The van der Waals surface area contributed by atoms with E-state index < -0.39 is 0 Å². The van der Waals surface area contributed by atoms with Crippen LogP contribution in [0.25, 0.3) is 0 Å². The fraction of sp³-hybridized carbons (Fsp3) is 0.900. The van der Waals surface area contributed by atoms with Gasteiger partial charge in [-0.05, 0) is 25.2 Å². The molecule has 0 unspecified atom stereocenters. The molecule has 10 heteroatoms. The van der Waals surface area contributed by atoms with Crippen LogP contribution in [0.1, 0.15) is 32.6 Å². The maximum Gasteiger partial charge on any atom is 0.324 e. The zero-order valence-corrected chi connectivity index (χ0v) is 13.9. The van der Waals surface area contributed by atoms with E-state index in [0.717, 1.165) is 6.54 Å². The van der Waals surface area contributed by atoms with Gasteiger partial charge in [0, 0.05) is 0 Å². The molecule has 108 valence electrons. The predicted octanol–water partition coefficient (Wildman–Crippen LogP) is 0.604. The lowest BCUT2D eigenvalue weighted by Gasteiger charge is -2.46. The normalized spacial score (nSPS) is 18.1. The van der Waals surface area contributed by atoms with Crippen molar-refractivity contribution in [3.8, 4) is 0 Å². The second-order valence-corrected chi connectivity index (χ2v) is 6.74. The molecule has 1 aromatic rings. The average molecular weight is 291 g/mol. The highest BCUT2D eigenvalue weighted by Crippen LogP contribution is 2.18. The van der Waals surface area contributed by atoms with E-state index in [1.54, 1.807) is 0 Å². The fourth-order valence-corrected chi connectivity index (χ4v) is 3.74. The molecule has 7 nitrogen and oxygen atoms in total. The third-order valence-electron chi connectivity index (χ3n) is 3.98. The first-order valence-corrected chi connectivity index (χ1v) is 8.32. The molecular weight excluding hydrogens is 268 g/mol. The number of hydrogen-bond acceptors (Lipinski definition) is 6. The molecule has 20 heavy (non-hydrogen) atoms. The monoisotopic (exact) mass is 291 g/mol. The maximum absolute atomic E-state index is 4.13. The predicted molar refractivity (Wildman–Crippen MR) is 84.3 cm³/mol. The number of hydrogen-bond donors (Lipinski definition) is 1. The summed E-state index contributed by atoms with van der Waals surface area (Å²) in [4.78, 5) is 0. The van der Waals surface area contributed by atoms with Gasteiger partial charge < -0.3 is 13.7 Å². The van der Waals surface area contributed by atoms with Crippen LogP contribution >= 0.6 is 0 Å². The van der Waals surface area contributed by atoms with Gasteiger partial charge in [-0.25, -0.2) is 0 Å². The first-order valence-electron chi connectivity index (χ1n) is 7.42. The number of nitrogens with one attached hydrogen (secondary N) is 1. The van der Waals surface area contributed by atoms with E-state index in [-0.39, 0.29) is 0 Å². The van der Waals surface area contributed by atoms with Crippen molar-refractivity contribution >= 4 is 29.8 Å². The topological polar surface area (TPSA) is 64.2 Å². The molecule has 0 bridgehead atoms. The smallest absolute Gasteiger partial charge is 0.324 e. The fourth-order valence-electron chi connectivity index (χ4n) is 2.59. The zero-order chi connectivity index (χ0) is 14.5. The molecule has 0 spiro atoms. The SMILES string of the molecule is CCCCCCN1B(C)N(C)[Si]N(c2nn[nH]n2)B1C. The molecule has 1 N–H and O–H groups in total. The molecule has 2 radical (unpaired) electrons. The Labute approximate surface area is 124 Å². The molecule has 2 heterocycles.